The number of carboxylic acid groups (broad SMARTS) is 1. The molecule has 3 rings (SSSR count). The lowest BCUT2D eigenvalue weighted by molar-refractivity contribution is -0.137. The number of hydrogen-bond acceptors (Lipinski definition) is 3. The number of carboxylic acids is 1. The first-order valence-corrected chi connectivity index (χ1v) is 11.4. The van der Waals surface area contributed by atoms with Gasteiger partial charge in [0.2, 0.25) is 5.91 Å². The van der Waals surface area contributed by atoms with Gasteiger partial charge in [-0.25, -0.2) is 4.39 Å². The lowest BCUT2D eigenvalue weighted by Gasteiger charge is -2.28. The van der Waals surface area contributed by atoms with Gasteiger partial charge in [-0.05, 0) is 49.3 Å². The zero-order valence-corrected chi connectivity index (χ0v) is 17.6. The van der Waals surface area contributed by atoms with Crippen LogP contribution in [0.25, 0.3) is 0 Å². The van der Waals surface area contributed by atoms with E-state index >= 15 is 0 Å². The Labute approximate surface area is 178 Å². The summed E-state index contributed by atoms with van der Waals surface area (Å²) >= 11 is 0. The number of anilines is 1. The SMILES string of the molecule is O=C(O)CCCCCCC1C(F)CC(=O)N1c1ccc(C(O)C2CCCCC2)cc1. The van der Waals surface area contributed by atoms with Crippen molar-refractivity contribution in [3.05, 3.63) is 29.8 Å². The molecule has 1 aliphatic carbocycles. The van der Waals surface area contributed by atoms with Crippen LogP contribution >= 0.6 is 0 Å². The van der Waals surface area contributed by atoms with Crippen LogP contribution in [0.5, 0.6) is 0 Å². The number of rotatable bonds is 10. The lowest BCUT2D eigenvalue weighted by Crippen LogP contribution is -2.36. The van der Waals surface area contributed by atoms with E-state index in [9.17, 15) is 19.1 Å². The van der Waals surface area contributed by atoms with Crippen molar-refractivity contribution < 1.29 is 24.2 Å². The van der Waals surface area contributed by atoms with Gasteiger partial charge < -0.3 is 15.1 Å². The third-order valence-electron chi connectivity index (χ3n) is 6.64. The highest BCUT2D eigenvalue weighted by molar-refractivity contribution is 5.97. The molecular formula is C24H34FNO4. The van der Waals surface area contributed by atoms with Crippen LogP contribution in [0.15, 0.2) is 24.3 Å². The summed E-state index contributed by atoms with van der Waals surface area (Å²) in [5.74, 6) is -0.690. The Hall–Kier alpha value is -1.95. The molecule has 1 aromatic carbocycles. The minimum Gasteiger partial charge on any atom is -0.481 e. The lowest BCUT2D eigenvalue weighted by atomic mass is 9.83. The zero-order valence-electron chi connectivity index (χ0n) is 17.6. The highest BCUT2D eigenvalue weighted by atomic mass is 19.1. The van der Waals surface area contributed by atoms with Crippen molar-refractivity contribution in [3.63, 3.8) is 0 Å². The smallest absolute Gasteiger partial charge is 0.303 e. The van der Waals surface area contributed by atoms with Crippen LogP contribution in [-0.4, -0.2) is 34.3 Å². The summed E-state index contributed by atoms with van der Waals surface area (Å²) in [6.07, 6.45) is 7.70. The molecule has 2 fully saturated rings. The summed E-state index contributed by atoms with van der Waals surface area (Å²) in [5, 5.41) is 19.4. The molecular weight excluding hydrogens is 385 g/mol. The molecule has 1 saturated heterocycles. The van der Waals surface area contributed by atoms with Gasteiger partial charge in [0.05, 0.1) is 18.6 Å². The molecule has 30 heavy (non-hydrogen) atoms. The van der Waals surface area contributed by atoms with E-state index in [1.807, 2.05) is 24.3 Å². The Bertz CT molecular complexity index is 702. The average molecular weight is 420 g/mol. The molecule has 3 unspecified atom stereocenters. The number of aliphatic hydroxyl groups excluding tert-OH is 1. The first-order valence-electron chi connectivity index (χ1n) is 11.4. The number of aliphatic hydroxyl groups is 1. The summed E-state index contributed by atoms with van der Waals surface area (Å²) in [5.41, 5.74) is 1.56. The van der Waals surface area contributed by atoms with Crippen molar-refractivity contribution in [3.8, 4) is 0 Å². The van der Waals surface area contributed by atoms with Crippen molar-refractivity contribution in [1.29, 1.82) is 0 Å². The molecule has 3 atom stereocenters. The Morgan fingerprint density at radius 1 is 1.07 bits per heavy atom. The third-order valence-corrected chi connectivity index (χ3v) is 6.64. The maximum Gasteiger partial charge on any atom is 0.303 e. The van der Waals surface area contributed by atoms with E-state index in [1.54, 1.807) is 4.90 Å². The second-order valence-corrected chi connectivity index (χ2v) is 8.83. The molecule has 1 aromatic rings. The van der Waals surface area contributed by atoms with Gasteiger partial charge in [0.1, 0.15) is 6.17 Å². The number of hydrogen-bond donors (Lipinski definition) is 2. The largest absolute Gasteiger partial charge is 0.481 e. The quantitative estimate of drug-likeness (QED) is 0.513. The van der Waals surface area contributed by atoms with Crippen LogP contribution in [0, 0.1) is 5.92 Å². The van der Waals surface area contributed by atoms with Gasteiger partial charge in [-0.1, -0.05) is 50.7 Å². The minimum absolute atomic E-state index is 0.0872. The number of carbonyl (C=O) groups excluding carboxylic acids is 1. The minimum atomic E-state index is -1.18. The van der Waals surface area contributed by atoms with Crippen molar-refractivity contribution >= 4 is 17.6 Å². The standard InChI is InChI=1S/C24H34FNO4/c25-20-16-22(27)26(21(20)10-6-1-2-7-11-23(28)29)19-14-12-18(13-15-19)24(30)17-8-4-3-5-9-17/h12-15,17,20-21,24,30H,1-11,16H2,(H,28,29). The van der Waals surface area contributed by atoms with Crippen LogP contribution in [-0.2, 0) is 9.59 Å². The van der Waals surface area contributed by atoms with E-state index in [2.05, 4.69) is 0 Å². The molecule has 0 aromatic heterocycles. The molecule has 0 radical (unpaired) electrons. The number of nitrogens with zero attached hydrogens (tertiary/aromatic N) is 1. The van der Waals surface area contributed by atoms with Crippen molar-refractivity contribution in [2.24, 2.45) is 5.92 Å². The number of halogens is 1. The first-order chi connectivity index (χ1) is 14.5. The van der Waals surface area contributed by atoms with E-state index in [4.69, 9.17) is 5.11 Å². The van der Waals surface area contributed by atoms with Gasteiger partial charge in [-0.3, -0.25) is 9.59 Å². The highest BCUT2D eigenvalue weighted by Gasteiger charge is 2.40. The number of carbonyl (C=O) groups is 2. The van der Waals surface area contributed by atoms with Crippen LogP contribution < -0.4 is 4.90 Å². The molecule has 0 bridgehead atoms. The van der Waals surface area contributed by atoms with Crippen LogP contribution in [0.3, 0.4) is 0 Å². The summed E-state index contributed by atoms with van der Waals surface area (Å²) in [4.78, 5) is 24.6. The van der Waals surface area contributed by atoms with Crippen molar-refractivity contribution in [2.75, 3.05) is 4.90 Å². The van der Waals surface area contributed by atoms with E-state index in [-0.39, 0.29) is 18.7 Å². The molecule has 6 heteroatoms. The van der Waals surface area contributed by atoms with Gasteiger partial charge in [0, 0.05) is 12.1 Å². The molecule has 2 N–H and O–H groups in total. The topological polar surface area (TPSA) is 77.8 Å². The predicted octanol–water partition coefficient (Wildman–Crippen LogP) is 5.17. The predicted molar refractivity (Wildman–Crippen MR) is 114 cm³/mol. The highest BCUT2D eigenvalue weighted by Crippen LogP contribution is 2.36. The van der Waals surface area contributed by atoms with Gasteiger partial charge in [-0.2, -0.15) is 0 Å². The number of unbranched alkanes of at least 4 members (excludes halogenated alkanes) is 3. The first kappa shape index (κ1) is 22.7. The fourth-order valence-electron chi connectivity index (χ4n) is 4.93. The Morgan fingerprint density at radius 3 is 2.40 bits per heavy atom. The number of alkyl halides is 1. The molecule has 1 amide bonds. The molecule has 1 heterocycles. The summed E-state index contributed by atoms with van der Waals surface area (Å²) in [6, 6.07) is 6.94. The number of amides is 1. The third kappa shape index (κ3) is 5.81. The molecule has 2 aliphatic rings. The van der Waals surface area contributed by atoms with Gasteiger partial charge in [-0.15, -0.1) is 0 Å². The second kappa shape index (κ2) is 10.9. The molecule has 5 nitrogen and oxygen atoms in total. The summed E-state index contributed by atoms with van der Waals surface area (Å²) in [6.45, 7) is 0. The van der Waals surface area contributed by atoms with Crippen LogP contribution in [0.4, 0.5) is 10.1 Å². The van der Waals surface area contributed by atoms with E-state index < -0.39 is 24.3 Å². The van der Waals surface area contributed by atoms with Gasteiger partial charge in [0.15, 0.2) is 0 Å². The average Bonchev–Trinajstić information content (AvgIpc) is 3.03. The fourth-order valence-corrected chi connectivity index (χ4v) is 4.93. The van der Waals surface area contributed by atoms with E-state index in [0.29, 0.717) is 24.4 Å². The molecule has 1 aliphatic heterocycles. The summed E-state index contributed by atoms with van der Waals surface area (Å²) in [7, 11) is 0. The Balaban J connectivity index is 1.58. The number of benzene rings is 1. The van der Waals surface area contributed by atoms with Gasteiger partial charge in [0.25, 0.3) is 0 Å². The fraction of sp³-hybridized carbons (Fsp3) is 0.667. The monoisotopic (exact) mass is 419 g/mol. The zero-order chi connectivity index (χ0) is 21.5. The Kier molecular flexibility index (Phi) is 8.25. The normalized spacial score (nSPS) is 23.7. The van der Waals surface area contributed by atoms with Gasteiger partial charge >= 0.3 is 5.97 Å². The molecule has 1 saturated carbocycles. The maximum absolute atomic E-state index is 14.5. The molecule has 0 spiro atoms. The van der Waals surface area contributed by atoms with E-state index in [1.165, 1.54) is 6.42 Å². The van der Waals surface area contributed by atoms with Crippen LogP contribution in [0.2, 0.25) is 0 Å². The van der Waals surface area contributed by atoms with Crippen molar-refractivity contribution in [1.82, 2.24) is 0 Å². The number of aliphatic carboxylic acids is 1. The molecule has 166 valence electrons. The Morgan fingerprint density at radius 2 is 1.73 bits per heavy atom. The summed E-state index contributed by atoms with van der Waals surface area (Å²) < 4.78 is 14.5. The maximum atomic E-state index is 14.5. The van der Waals surface area contributed by atoms with Crippen molar-refractivity contribution in [2.45, 2.75) is 95.4 Å². The second-order valence-electron chi connectivity index (χ2n) is 8.83. The van der Waals surface area contributed by atoms with E-state index in [0.717, 1.165) is 50.5 Å². The van der Waals surface area contributed by atoms with Crippen LogP contribution in [0.1, 0.15) is 88.7 Å².